The monoisotopic (exact) mass is 430 g/mol. The first-order chi connectivity index (χ1) is 14.0. The molecule has 8 heteroatoms. The topological polar surface area (TPSA) is 70.4 Å². The minimum Gasteiger partial charge on any atom is -0.497 e. The van der Waals surface area contributed by atoms with Crippen molar-refractivity contribution < 1.29 is 14.3 Å². The zero-order valence-electron chi connectivity index (χ0n) is 16.6. The normalized spacial score (nSPS) is 13.3. The van der Waals surface area contributed by atoms with Gasteiger partial charge in [0.05, 0.1) is 30.9 Å². The number of ether oxygens (including phenoxy) is 2. The van der Waals surface area contributed by atoms with Gasteiger partial charge in [0.25, 0.3) is 5.56 Å². The fourth-order valence-electron chi connectivity index (χ4n) is 3.64. The van der Waals surface area contributed by atoms with Crippen molar-refractivity contribution in [1.29, 1.82) is 0 Å². The lowest BCUT2D eigenvalue weighted by atomic mass is 9.97. The number of benzene rings is 1. The number of carbonyl (C=O) groups excluding carboxylic acids is 1. The van der Waals surface area contributed by atoms with Gasteiger partial charge in [0, 0.05) is 11.9 Å². The van der Waals surface area contributed by atoms with E-state index in [0.29, 0.717) is 22.2 Å². The quantitative estimate of drug-likeness (QED) is 0.336. The van der Waals surface area contributed by atoms with Crippen molar-refractivity contribution in [3.8, 4) is 11.5 Å². The van der Waals surface area contributed by atoms with E-state index in [-0.39, 0.29) is 17.1 Å². The third-order valence-corrected chi connectivity index (χ3v) is 7.41. The van der Waals surface area contributed by atoms with E-state index in [9.17, 15) is 9.59 Å². The molecule has 0 unspecified atom stereocenters. The maximum atomic E-state index is 13.0. The lowest BCUT2D eigenvalue weighted by Crippen LogP contribution is -2.21. The highest BCUT2D eigenvalue weighted by Gasteiger charge is 2.22. The summed E-state index contributed by atoms with van der Waals surface area (Å²) in [4.78, 5) is 32.6. The smallest absolute Gasteiger partial charge is 0.262 e. The van der Waals surface area contributed by atoms with E-state index in [1.807, 2.05) is 0 Å². The van der Waals surface area contributed by atoms with Crippen molar-refractivity contribution in [3.63, 3.8) is 0 Å². The number of thiophene rings is 1. The van der Waals surface area contributed by atoms with Gasteiger partial charge in [0.1, 0.15) is 16.3 Å². The lowest BCUT2D eigenvalue weighted by Gasteiger charge is -2.11. The fraction of sp³-hybridized carbons (Fsp3) is 0.381. The van der Waals surface area contributed by atoms with Gasteiger partial charge in [-0.1, -0.05) is 11.8 Å². The first-order valence-corrected chi connectivity index (χ1v) is 11.2. The maximum Gasteiger partial charge on any atom is 0.262 e. The molecule has 0 saturated heterocycles. The summed E-state index contributed by atoms with van der Waals surface area (Å²) in [5.41, 5.74) is 1.61. The highest BCUT2D eigenvalue weighted by atomic mass is 32.2. The number of hydrogen-bond acceptors (Lipinski definition) is 7. The summed E-state index contributed by atoms with van der Waals surface area (Å²) in [6.45, 7) is 0. The van der Waals surface area contributed by atoms with Crippen LogP contribution in [0.2, 0.25) is 0 Å². The van der Waals surface area contributed by atoms with Gasteiger partial charge in [-0.3, -0.25) is 14.2 Å². The van der Waals surface area contributed by atoms with Crippen molar-refractivity contribution in [3.05, 3.63) is 44.6 Å². The molecule has 0 fully saturated rings. The van der Waals surface area contributed by atoms with E-state index in [1.165, 1.54) is 35.7 Å². The van der Waals surface area contributed by atoms with Crippen LogP contribution in [0.5, 0.6) is 11.5 Å². The number of aryl methyl sites for hydroxylation is 2. The van der Waals surface area contributed by atoms with Crippen molar-refractivity contribution in [2.45, 2.75) is 30.8 Å². The van der Waals surface area contributed by atoms with E-state index < -0.39 is 0 Å². The number of thioether (sulfide) groups is 1. The van der Waals surface area contributed by atoms with Crippen LogP contribution >= 0.6 is 23.1 Å². The molecule has 6 nitrogen and oxygen atoms in total. The Labute approximate surface area is 176 Å². The zero-order chi connectivity index (χ0) is 20.5. The third kappa shape index (κ3) is 3.67. The Bertz CT molecular complexity index is 1150. The molecule has 29 heavy (non-hydrogen) atoms. The van der Waals surface area contributed by atoms with E-state index >= 15 is 0 Å². The molecule has 1 aliphatic carbocycles. The summed E-state index contributed by atoms with van der Waals surface area (Å²) in [5, 5.41) is 1.31. The van der Waals surface area contributed by atoms with Crippen LogP contribution in [0, 0.1) is 0 Å². The summed E-state index contributed by atoms with van der Waals surface area (Å²) in [5.74, 6) is 1.14. The van der Waals surface area contributed by atoms with Gasteiger partial charge in [-0.05, 0) is 49.4 Å². The fourth-order valence-corrected chi connectivity index (χ4v) is 5.79. The molecule has 0 N–H and O–H groups in total. The molecule has 0 bridgehead atoms. The Balaban J connectivity index is 1.63. The number of methoxy groups -OCH3 is 2. The number of ketones is 1. The number of hydrogen-bond donors (Lipinski definition) is 0. The van der Waals surface area contributed by atoms with Crippen LogP contribution in [0.15, 0.2) is 28.2 Å². The average molecular weight is 431 g/mol. The minimum atomic E-state index is -0.106. The largest absolute Gasteiger partial charge is 0.497 e. The summed E-state index contributed by atoms with van der Waals surface area (Å²) >= 11 is 2.89. The minimum absolute atomic E-state index is 0.0247. The van der Waals surface area contributed by atoms with Gasteiger partial charge in [0.2, 0.25) is 0 Å². The SMILES string of the molecule is COc1ccc(OC)c(C(=O)CSc2nc3sc4c(c3c(=O)n2C)CCCC4)c1. The van der Waals surface area contributed by atoms with Crippen molar-refractivity contribution >= 4 is 39.1 Å². The highest BCUT2D eigenvalue weighted by Crippen LogP contribution is 2.34. The average Bonchev–Trinajstić information content (AvgIpc) is 3.12. The molecule has 0 radical (unpaired) electrons. The number of aromatic nitrogens is 2. The molecule has 2 heterocycles. The van der Waals surface area contributed by atoms with E-state index in [0.717, 1.165) is 29.5 Å². The molecule has 0 spiro atoms. The molecule has 1 aromatic carbocycles. The van der Waals surface area contributed by atoms with E-state index in [4.69, 9.17) is 14.5 Å². The lowest BCUT2D eigenvalue weighted by molar-refractivity contribution is 0.101. The van der Waals surface area contributed by atoms with Gasteiger partial charge in [-0.2, -0.15) is 0 Å². The van der Waals surface area contributed by atoms with E-state index in [2.05, 4.69) is 0 Å². The molecule has 0 amide bonds. The molecule has 1 aliphatic rings. The number of Topliss-reactive ketones (excluding diaryl/α,β-unsaturated/α-hetero) is 1. The van der Waals surface area contributed by atoms with Crippen LogP contribution in [0.25, 0.3) is 10.2 Å². The number of nitrogens with zero attached hydrogens (tertiary/aromatic N) is 2. The second-order valence-electron chi connectivity index (χ2n) is 6.93. The predicted octanol–water partition coefficient (Wildman–Crippen LogP) is 3.87. The summed E-state index contributed by atoms with van der Waals surface area (Å²) in [7, 11) is 4.81. The van der Waals surface area contributed by atoms with Gasteiger partial charge >= 0.3 is 0 Å². The standard InChI is InChI=1S/C21H22N2O4S2/c1-23-20(25)18-13-6-4-5-7-17(13)29-19(18)22-21(23)28-11-15(24)14-10-12(26-2)8-9-16(14)27-3/h8-10H,4-7,11H2,1-3H3. The van der Waals surface area contributed by atoms with Gasteiger partial charge < -0.3 is 9.47 Å². The summed E-state index contributed by atoms with van der Waals surface area (Å²) < 4.78 is 12.1. The Morgan fingerprint density at radius 1 is 1.24 bits per heavy atom. The van der Waals surface area contributed by atoms with E-state index in [1.54, 1.807) is 48.3 Å². The molecule has 152 valence electrons. The molecular weight excluding hydrogens is 408 g/mol. The zero-order valence-corrected chi connectivity index (χ0v) is 18.2. The second-order valence-corrected chi connectivity index (χ2v) is 8.95. The van der Waals surface area contributed by atoms with Crippen molar-refractivity contribution in [2.24, 2.45) is 7.05 Å². The molecule has 0 atom stereocenters. The predicted molar refractivity (Wildman–Crippen MR) is 116 cm³/mol. The summed E-state index contributed by atoms with van der Waals surface area (Å²) in [6, 6.07) is 5.14. The van der Waals surface area contributed by atoms with Crippen LogP contribution in [0.3, 0.4) is 0 Å². The molecule has 2 aromatic heterocycles. The first kappa shape index (κ1) is 20.0. The highest BCUT2D eigenvalue weighted by molar-refractivity contribution is 7.99. The Morgan fingerprint density at radius 3 is 2.79 bits per heavy atom. The number of fused-ring (bicyclic) bond motifs is 3. The van der Waals surface area contributed by atoms with Crippen LogP contribution in [0.1, 0.15) is 33.6 Å². The van der Waals surface area contributed by atoms with Gasteiger partial charge in [-0.15, -0.1) is 11.3 Å². The Morgan fingerprint density at radius 2 is 2.03 bits per heavy atom. The number of carbonyl (C=O) groups is 1. The maximum absolute atomic E-state index is 13.0. The van der Waals surface area contributed by atoms with Crippen LogP contribution in [-0.2, 0) is 19.9 Å². The van der Waals surface area contributed by atoms with Gasteiger partial charge in [0.15, 0.2) is 10.9 Å². The van der Waals surface area contributed by atoms with Crippen molar-refractivity contribution in [1.82, 2.24) is 9.55 Å². The Hall–Kier alpha value is -2.32. The first-order valence-electron chi connectivity index (χ1n) is 9.42. The van der Waals surface area contributed by atoms with Crippen LogP contribution < -0.4 is 15.0 Å². The van der Waals surface area contributed by atoms with Crippen LogP contribution in [-0.4, -0.2) is 35.3 Å². The molecule has 0 aliphatic heterocycles. The molecule has 0 saturated carbocycles. The van der Waals surface area contributed by atoms with Gasteiger partial charge in [-0.25, -0.2) is 4.98 Å². The molecule has 4 rings (SSSR count). The number of rotatable bonds is 6. The van der Waals surface area contributed by atoms with Crippen LogP contribution in [0.4, 0.5) is 0 Å². The molecule has 3 aromatic rings. The van der Waals surface area contributed by atoms with Crippen molar-refractivity contribution in [2.75, 3.05) is 20.0 Å². The third-order valence-electron chi connectivity index (χ3n) is 5.19. The Kier molecular flexibility index (Phi) is 5.65. The summed E-state index contributed by atoms with van der Waals surface area (Å²) in [6.07, 6.45) is 4.26. The molecular formula is C21H22N2O4S2. The second kappa shape index (κ2) is 8.20.